The Bertz CT molecular complexity index is 802. The number of fused-ring (bicyclic) bond motifs is 1. The Morgan fingerprint density at radius 1 is 1.28 bits per heavy atom. The predicted octanol–water partition coefficient (Wildman–Crippen LogP) is 2.09. The fraction of sp³-hybridized carbons (Fsp3) is 0.588. The largest absolute Gasteiger partial charge is 0.511 e. The number of sulfonamides is 1. The number of piperidine rings is 1. The van der Waals surface area contributed by atoms with Crippen LogP contribution in [0.5, 0.6) is 5.75 Å². The van der Waals surface area contributed by atoms with Gasteiger partial charge in [-0.2, -0.15) is 17.5 Å². The van der Waals surface area contributed by atoms with E-state index in [4.69, 9.17) is 4.74 Å². The van der Waals surface area contributed by atoms with E-state index in [-0.39, 0.29) is 62.1 Å². The zero-order chi connectivity index (χ0) is 20.4. The molecule has 1 saturated heterocycles. The van der Waals surface area contributed by atoms with Gasteiger partial charge in [0.15, 0.2) is 5.96 Å². The van der Waals surface area contributed by atoms with Gasteiger partial charge in [0.05, 0.1) is 6.54 Å². The van der Waals surface area contributed by atoms with Gasteiger partial charge in [0.1, 0.15) is 11.9 Å². The quantitative estimate of drug-likeness (QED) is 0.342. The van der Waals surface area contributed by atoms with E-state index in [0.29, 0.717) is 16.8 Å². The van der Waals surface area contributed by atoms with Crippen LogP contribution in [0.3, 0.4) is 0 Å². The molecule has 0 saturated carbocycles. The van der Waals surface area contributed by atoms with Crippen molar-refractivity contribution in [2.45, 2.75) is 36.9 Å². The Morgan fingerprint density at radius 3 is 2.52 bits per heavy atom. The van der Waals surface area contributed by atoms with E-state index < -0.39 is 15.5 Å². The molecule has 0 radical (unpaired) electrons. The molecule has 1 fully saturated rings. The molecule has 0 aliphatic carbocycles. The Morgan fingerprint density at radius 2 is 1.93 bits per heavy atom. The number of guanidine groups is 1. The molecule has 2 N–H and O–H groups in total. The third-order valence-electron chi connectivity index (χ3n) is 4.86. The summed E-state index contributed by atoms with van der Waals surface area (Å²) in [6.07, 6.45) is 1.28. The van der Waals surface area contributed by atoms with E-state index in [1.165, 1.54) is 0 Å². The Labute approximate surface area is 185 Å². The second-order valence-corrected chi connectivity index (χ2v) is 8.70. The van der Waals surface area contributed by atoms with Crippen LogP contribution in [0.4, 0.5) is 13.2 Å². The molecule has 0 aromatic heterocycles. The summed E-state index contributed by atoms with van der Waals surface area (Å²) in [5.41, 5.74) is -4.11. The van der Waals surface area contributed by atoms with Crippen molar-refractivity contribution in [2.75, 3.05) is 26.7 Å². The fourth-order valence-corrected chi connectivity index (χ4v) is 4.34. The van der Waals surface area contributed by atoms with Gasteiger partial charge in [-0.05, 0) is 24.5 Å². The van der Waals surface area contributed by atoms with Crippen LogP contribution >= 0.6 is 24.0 Å². The minimum absolute atomic E-state index is 0. The Balaban J connectivity index is 0.00000300. The maximum atomic E-state index is 12.6. The van der Waals surface area contributed by atoms with Crippen LogP contribution in [0.15, 0.2) is 29.3 Å². The van der Waals surface area contributed by atoms with Gasteiger partial charge in [-0.1, -0.05) is 18.2 Å². The molecule has 1 atom stereocenters. The summed E-state index contributed by atoms with van der Waals surface area (Å²) in [6.45, 7) is 0.157. The highest BCUT2D eigenvalue weighted by atomic mass is 127. The second-order valence-electron chi connectivity index (χ2n) is 6.77. The highest BCUT2D eigenvalue weighted by molar-refractivity contribution is 14.0. The number of aliphatic imine (C=N–C) groups is 1. The number of para-hydroxylation sites is 1. The molecule has 3 rings (SSSR count). The van der Waals surface area contributed by atoms with Gasteiger partial charge in [-0.15, -0.1) is 24.0 Å². The average Bonchev–Trinajstić information content (AvgIpc) is 3.07. The van der Waals surface area contributed by atoms with Crippen LogP contribution in [-0.4, -0.2) is 63.0 Å². The molecule has 2 aliphatic heterocycles. The van der Waals surface area contributed by atoms with Crippen molar-refractivity contribution in [1.29, 1.82) is 0 Å². The molecule has 2 aliphatic rings. The van der Waals surface area contributed by atoms with Gasteiger partial charge in [0.25, 0.3) is 0 Å². The molecule has 7 nitrogen and oxygen atoms in total. The lowest BCUT2D eigenvalue weighted by Crippen LogP contribution is -2.52. The van der Waals surface area contributed by atoms with E-state index in [0.717, 1.165) is 17.7 Å². The zero-order valence-corrected chi connectivity index (χ0v) is 18.9. The van der Waals surface area contributed by atoms with Crippen molar-refractivity contribution >= 4 is 40.0 Å². The molecule has 12 heteroatoms. The summed E-state index contributed by atoms with van der Waals surface area (Å²) < 4.78 is 67.2. The molecular formula is C17H24F3IN4O3S. The van der Waals surface area contributed by atoms with E-state index in [1.807, 2.05) is 24.3 Å². The van der Waals surface area contributed by atoms with E-state index >= 15 is 0 Å². The lowest BCUT2D eigenvalue weighted by Gasteiger charge is -2.32. The number of benzene rings is 1. The summed E-state index contributed by atoms with van der Waals surface area (Å²) >= 11 is 0. The molecular weight excluding hydrogens is 524 g/mol. The van der Waals surface area contributed by atoms with Crippen molar-refractivity contribution in [3.05, 3.63) is 29.8 Å². The monoisotopic (exact) mass is 548 g/mol. The highest BCUT2D eigenvalue weighted by Crippen LogP contribution is 2.29. The minimum Gasteiger partial charge on any atom is -0.488 e. The molecule has 1 unspecified atom stereocenters. The number of rotatable bonds is 4. The molecule has 1 aromatic rings. The third kappa shape index (κ3) is 5.66. The van der Waals surface area contributed by atoms with E-state index in [9.17, 15) is 21.6 Å². The first-order chi connectivity index (χ1) is 13.2. The van der Waals surface area contributed by atoms with Crippen molar-refractivity contribution in [3.63, 3.8) is 0 Å². The summed E-state index contributed by atoms with van der Waals surface area (Å²) in [4.78, 5) is 4.13. The topological polar surface area (TPSA) is 83.0 Å². The van der Waals surface area contributed by atoms with Crippen LogP contribution in [0.25, 0.3) is 0 Å². The maximum Gasteiger partial charge on any atom is 0.511 e. The van der Waals surface area contributed by atoms with E-state index in [1.54, 1.807) is 7.05 Å². The number of nitrogens with one attached hydrogen (secondary N) is 2. The maximum absolute atomic E-state index is 12.6. The molecule has 2 heterocycles. The van der Waals surface area contributed by atoms with Gasteiger partial charge in [0.2, 0.25) is 0 Å². The fourth-order valence-electron chi connectivity index (χ4n) is 3.35. The molecule has 0 amide bonds. The summed E-state index contributed by atoms with van der Waals surface area (Å²) in [5.74, 6) is 1.38. The normalized spacial score (nSPS) is 21.1. The number of nitrogens with zero attached hydrogens (tertiary/aromatic N) is 2. The number of hydrogen-bond donors (Lipinski definition) is 2. The lowest BCUT2D eigenvalue weighted by atomic mass is 10.1. The number of hydrogen-bond acceptors (Lipinski definition) is 4. The van der Waals surface area contributed by atoms with Gasteiger partial charge in [-0.3, -0.25) is 4.99 Å². The first-order valence-electron chi connectivity index (χ1n) is 8.99. The summed E-state index contributed by atoms with van der Waals surface area (Å²) in [7, 11) is -3.66. The smallest absolute Gasteiger partial charge is 0.488 e. The molecule has 1 aromatic carbocycles. The average molecular weight is 548 g/mol. The van der Waals surface area contributed by atoms with E-state index in [2.05, 4.69) is 15.6 Å². The molecule has 0 bridgehead atoms. The number of alkyl halides is 3. The summed E-state index contributed by atoms with van der Waals surface area (Å²) in [5, 5.41) is 6.30. The van der Waals surface area contributed by atoms with Crippen LogP contribution < -0.4 is 15.4 Å². The summed E-state index contributed by atoms with van der Waals surface area (Å²) in [6, 6.07) is 7.66. The lowest BCUT2D eigenvalue weighted by molar-refractivity contribution is -0.0494. The first-order valence-corrected chi connectivity index (χ1v) is 10.4. The second kappa shape index (κ2) is 9.69. The van der Waals surface area contributed by atoms with Gasteiger partial charge in [-0.25, -0.2) is 8.42 Å². The van der Waals surface area contributed by atoms with Crippen molar-refractivity contribution in [3.8, 4) is 5.75 Å². The standard InChI is InChI=1S/C17H23F3N4O3S.HI/c1-21-16(22-11-14-10-12-4-2-3-5-15(12)27-14)23-13-6-8-24(9-7-13)28(25,26)17(18,19)20;/h2-5,13-14H,6-11H2,1H3,(H2,21,22,23);1H. The van der Waals surface area contributed by atoms with Gasteiger partial charge >= 0.3 is 15.5 Å². The molecule has 164 valence electrons. The van der Waals surface area contributed by atoms with Crippen LogP contribution in [0.1, 0.15) is 18.4 Å². The molecule has 29 heavy (non-hydrogen) atoms. The van der Waals surface area contributed by atoms with Crippen molar-refractivity contribution in [2.24, 2.45) is 4.99 Å². The van der Waals surface area contributed by atoms with Gasteiger partial charge in [0, 0.05) is 32.6 Å². The Kier molecular flexibility index (Phi) is 8.01. The third-order valence-corrected chi connectivity index (χ3v) is 6.49. The zero-order valence-electron chi connectivity index (χ0n) is 15.8. The van der Waals surface area contributed by atoms with Crippen molar-refractivity contribution in [1.82, 2.24) is 14.9 Å². The molecule has 0 spiro atoms. The predicted molar refractivity (Wildman–Crippen MR) is 114 cm³/mol. The SMILES string of the molecule is CN=C(NCC1Cc2ccccc2O1)NC1CCN(S(=O)(=O)C(F)(F)F)CC1.I. The Hall–Kier alpha value is -1.28. The number of halogens is 4. The highest BCUT2D eigenvalue weighted by Gasteiger charge is 2.50. The number of ether oxygens (including phenoxy) is 1. The van der Waals surface area contributed by atoms with Crippen LogP contribution in [0.2, 0.25) is 0 Å². The van der Waals surface area contributed by atoms with Crippen LogP contribution in [0, 0.1) is 0 Å². The van der Waals surface area contributed by atoms with Crippen LogP contribution in [-0.2, 0) is 16.4 Å². The van der Waals surface area contributed by atoms with Gasteiger partial charge < -0.3 is 15.4 Å². The minimum atomic E-state index is -5.26. The van der Waals surface area contributed by atoms with Crippen molar-refractivity contribution < 1.29 is 26.3 Å². The first kappa shape index (κ1) is 24.0.